The maximum absolute atomic E-state index is 12.7. The average Bonchev–Trinajstić information content (AvgIpc) is 2.68. The van der Waals surface area contributed by atoms with Crippen molar-refractivity contribution in [2.75, 3.05) is 5.32 Å². The molecule has 1 aliphatic rings. The normalized spacial score (nSPS) is 17.5. The number of carbonyl (C=O) groups is 1. The van der Waals surface area contributed by atoms with Gasteiger partial charge < -0.3 is 5.32 Å². The molecule has 2 atom stereocenters. The highest BCUT2D eigenvalue weighted by molar-refractivity contribution is 5.97. The molecule has 2 N–H and O–H groups in total. The van der Waals surface area contributed by atoms with Crippen LogP contribution in [0.2, 0.25) is 0 Å². The summed E-state index contributed by atoms with van der Waals surface area (Å²) in [5.74, 6) is 0.00309. The Morgan fingerprint density at radius 2 is 1.77 bits per heavy atom. The first-order valence-electron chi connectivity index (χ1n) is 9.34. The molecule has 0 aromatic heterocycles. The molecule has 0 saturated heterocycles. The lowest BCUT2D eigenvalue weighted by atomic mass is 9.87. The van der Waals surface area contributed by atoms with Gasteiger partial charge in [0.15, 0.2) is 0 Å². The summed E-state index contributed by atoms with van der Waals surface area (Å²) in [5.41, 5.74) is 3.58. The largest absolute Gasteiger partial charge is 0.325 e. The summed E-state index contributed by atoms with van der Waals surface area (Å²) in [6.45, 7) is 1.94. The molecule has 3 aromatic rings. The van der Waals surface area contributed by atoms with Crippen LogP contribution < -0.4 is 10.6 Å². The van der Waals surface area contributed by atoms with E-state index in [-0.39, 0.29) is 18.0 Å². The minimum Gasteiger partial charge on any atom is -0.325 e. The number of amides is 1. The van der Waals surface area contributed by atoms with Gasteiger partial charge in [0.2, 0.25) is 5.91 Å². The van der Waals surface area contributed by atoms with Crippen LogP contribution in [0.3, 0.4) is 0 Å². The van der Waals surface area contributed by atoms with Gasteiger partial charge in [0.1, 0.15) is 0 Å². The number of anilines is 1. The number of hydrogen-bond acceptors (Lipinski definition) is 2. The Kier molecular flexibility index (Phi) is 4.72. The van der Waals surface area contributed by atoms with E-state index in [9.17, 15) is 4.79 Å². The molecule has 1 aliphatic carbocycles. The quantitative estimate of drug-likeness (QED) is 0.711. The van der Waals surface area contributed by atoms with E-state index in [2.05, 4.69) is 47.0 Å². The van der Waals surface area contributed by atoms with Crippen molar-refractivity contribution < 1.29 is 4.79 Å². The smallest absolute Gasteiger partial charge is 0.241 e. The lowest BCUT2D eigenvalue weighted by Crippen LogP contribution is -2.41. The number of benzene rings is 3. The van der Waals surface area contributed by atoms with Gasteiger partial charge in [-0.05, 0) is 60.2 Å². The summed E-state index contributed by atoms with van der Waals surface area (Å²) in [6, 6.07) is 22.7. The fraction of sp³-hybridized carbons (Fsp3) is 0.261. The van der Waals surface area contributed by atoms with Crippen LogP contribution in [-0.2, 0) is 11.2 Å². The number of rotatable bonds is 4. The van der Waals surface area contributed by atoms with E-state index in [0.717, 1.165) is 30.3 Å². The SMILES string of the molecule is C[C@H](N[C@@H]1CCCc2ccccc21)C(=O)Nc1ccc2ccccc2c1. The van der Waals surface area contributed by atoms with Gasteiger partial charge in [0, 0.05) is 11.7 Å². The van der Waals surface area contributed by atoms with Crippen molar-refractivity contribution in [2.45, 2.75) is 38.3 Å². The van der Waals surface area contributed by atoms with Crippen molar-refractivity contribution in [3.05, 3.63) is 77.9 Å². The van der Waals surface area contributed by atoms with E-state index < -0.39 is 0 Å². The molecule has 0 saturated carbocycles. The number of carbonyl (C=O) groups excluding carboxylic acids is 1. The van der Waals surface area contributed by atoms with Crippen LogP contribution in [0.1, 0.15) is 36.9 Å². The second kappa shape index (κ2) is 7.30. The van der Waals surface area contributed by atoms with Crippen LogP contribution in [0, 0.1) is 0 Å². The molecule has 0 radical (unpaired) electrons. The monoisotopic (exact) mass is 344 g/mol. The first-order valence-corrected chi connectivity index (χ1v) is 9.34. The summed E-state index contributed by atoms with van der Waals surface area (Å²) in [7, 11) is 0. The number of fused-ring (bicyclic) bond motifs is 2. The second-order valence-electron chi connectivity index (χ2n) is 7.08. The Balaban J connectivity index is 1.45. The average molecular weight is 344 g/mol. The molecule has 0 bridgehead atoms. The summed E-state index contributed by atoms with van der Waals surface area (Å²) >= 11 is 0. The highest BCUT2D eigenvalue weighted by Gasteiger charge is 2.23. The minimum absolute atomic E-state index is 0.00309. The first-order chi connectivity index (χ1) is 12.7. The third-order valence-corrected chi connectivity index (χ3v) is 5.23. The zero-order valence-corrected chi connectivity index (χ0v) is 15.0. The number of hydrogen-bond donors (Lipinski definition) is 2. The van der Waals surface area contributed by atoms with Gasteiger partial charge >= 0.3 is 0 Å². The highest BCUT2D eigenvalue weighted by Crippen LogP contribution is 2.29. The van der Waals surface area contributed by atoms with E-state index in [1.54, 1.807) is 0 Å². The molecule has 132 valence electrons. The maximum Gasteiger partial charge on any atom is 0.241 e. The standard InChI is InChI=1S/C23H24N2O/c1-16(24-22-12-6-10-18-8-4-5-11-21(18)22)23(26)25-20-14-13-17-7-2-3-9-19(17)15-20/h2-5,7-9,11,13-16,22,24H,6,10,12H2,1H3,(H,25,26)/t16-,22+/m0/s1. The summed E-state index contributed by atoms with van der Waals surface area (Å²) < 4.78 is 0. The summed E-state index contributed by atoms with van der Waals surface area (Å²) in [5, 5.41) is 8.87. The molecule has 0 spiro atoms. The van der Waals surface area contributed by atoms with Crippen LogP contribution in [0.25, 0.3) is 10.8 Å². The Hall–Kier alpha value is -2.65. The van der Waals surface area contributed by atoms with Crippen LogP contribution >= 0.6 is 0 Å². The third kappa shape index (κ3) is 3.49. The molecular formula is C23H24N2O. The van der Waals surface area contributed by atoms with E-state index in [4.69, 9.17) is 0 Å². The van der Waals surface area contributed by atoms with Crippen LogP contribution in [0.4, 0.5) is 5.69 Å². The van der Waals surface area contributed by atoms with Crippen LogP contribution in [0.5, 0.6) is 0 Å². The van der Waals surface area contributed by atoms with E-state index in [1.165, 1.54) is 16.5 Å². The van der Waals surface area contributed by atoms with Gasteiger partial charge in [0.05, 0.1) is 6.04 Å². The van der Waals surface area contributed by atoms with E-state index in [1.807, 2.05) is 37.3 Å². The van der Waals surface area contributed by atoms with Crippen molar-refractivity contribution in [3.8, 4) is 0 Å². The Morgan fingerprint density at radius 1 is 1.00 bits per heavy atom. The van der Waals surface area contributed by atoms with Crippen LogP contribution in [0.15, 0.2) is 66.7 Å². The topological polar surface area (TPSA) is 41.1 Å². The third-order valence-electron chi connectivity index (χ3n) is 5.23. The van der Waals surface area contributed by atoms with Crippen molar-refractivity contribution >= 4 is 22.4 Å². The molecule has 26 heavy (non-hydrogen) atoms. The first kappa shape index (κ1) is 16.8. The summed E-state index contributed by atoms with van der Waals surface area (Å²) in [4.78, 5) is 12.7. The summed E-state index contributed by atoms with van der Waals surface area (Å²) in [6.07, 6.45) is 3.37. The van der Waals surface area contributed by atoms with Crippen molar-refractivity contribution in [3.63, 3.8) is 0 Å². The van der Waals surface area contributed by atoms with Crippen molar-refractivity contribution in [1.82, 2.24) is 5.32 Å². The van der Waals surface area contributed by atoms with E-state index in [0.29, 0.717) is 0 Å². The Bertz CT molecular complexity index is 934. The van der Waals surface area contributed by atoms with E-state index >= 15 is 0 Å². The van der Waals surface area contributed by atoms with Gasteiger partial charge in [-0.2, -0.15) is 0 Å². The van der Waals surface area contributed by atoms with Gasteiger partial charge in [-0.3, -0.25) is 10.1 Å². The lowest BCUT2D eigenvalue weighted by Gasteiger charge is -2.29. The molecule has 0 aliphatic heterocycles. The fourth-order valence-electron chi connectivity index (χ4n) is 3.82. The Morgan fingerprint density at radius 3 is 2.65 bits per heavy atom. The number of nitrogens with one attached hydrogen (secondary N) is 2. The molecule has 0 fully saturated rings. The minimum atomic E-state index is -0.252. The highest BCUT2D eigenvalue weighted by atomic mass is 16.2. The molecule has 3 nitrogen and oxygen atoms in total. The fourth-order valence-corrected chi connectivity index (χ4v) is 3.82. The lowest BCUT2D eigenvalue weighted by molar-refractivity contribution is -0.118. The van der Waals surface area contributed by atoms with Crippen molar-refractivity contribution in [1.29, 1.82) is 0 Å². The second-order valence-corrected chi connectivity index (χ2v) is 7.08. The molecule has 3 heteroatoms. The van der Waals surface area contributed by atoms with Gasteiger partial charge in [0.25, 0.3) is 0 Å². The van der Waals surface area contributed by atoms with Crippen LogP contribution in [-0.4, -0.2) is 11.9 Å². The molecule has 1 amide bonds. The predicted molar refractivity (Wildman–Crippen MR) is 107 cm³/mol. The maximum atomic E-state index is 12.7. The van der Waals surface area contributed by atoms with Crippen molar-refractivity contribution in [2.24, 2.45) is 0 Å². The predicted octanol–water partition coefficient (Wildman–Crippen LogP) is 4.83. The number of aryl methyl sites for hydroxylation is 1. The molecule has 3 aromatic carbocycles. The molecule has 4 rings (SSSR count). The Labute approximate surface area is 154 Å². The molecule has 0 heterocycles. The van der Waals surface area contributed by atoms with Gasteiger partial charge in [-0.25, -0.2) is 0 Å². The van der Waals surface area contributed by atoms with Gasteiger partial charge in [-0.15, -0.1) is 0 Å². The zero-order chi connectivity index (χ0) is 17.9. The zero-order valence-electron chi connectivity index (χ0n) is 15.0. The molecule has 0 unspecified atom stereocenters. The molecular weight excluding hydrogens is 320 g/mol. The van der Waals surface area contributed by atoms with Gasteiger partial charge in [-0.1, -0.05) is 54.6 Å².